The normalized spacial score (nSPS) is 18.9. The van der Waals surface area contributed by atoms with Crippen molar-refractivity contribution in [2.45, 2.75) is 26.3 Å². The molecule has 2 aliphatic heterocycles. The van der Waals surface area contributed by atoms with Crippen LogP contribution in [0.3, 0.4) is 0 Å². The molecule has 1 saturated heterocycles. The van der Waals surface area contributed by atoms with Crippen LogP contribution >= 0.6 is 11.8 Å². The van der Waals surface area contributed by atoms with Crippen LogP contribution in [0.15, 0.2) is 40.5 Å². The Morgan fingerprint density at radius 2 is 1.97 bits per heavy atom. The van der Waals surface area contributed by atoms with Gasteiger partial charge in [-0.2, -0.15) is 0 Å². The van der Waals surface area contributed by atoms with Crippen LogP contribution < -0.4 is 4.74 Å². The molecular formula is C20H22N2O6S. The highest BCUT2D eigenvalue weighted by Gasteiger charge is 2.41. The number of amidine groups is 1. The van der Waals surface area contributed by atoms with Crippen LogP contribution in [0.4, 0.5) is 0 Å². The second-order valence-corrected chi connectivity index (χ2v) is 7.51. The van der Waals surface area contributed by atoms with E-state index in [2.05, 4.69) is 4.99 Å². The van der Waals surface area contributed by atoms with Crippen molar-refractivity contribution in [3.05, 3.63) is 41.1 Å². The summed E-state index contributed by atoms with van der Waals surface area (Å²) < 4.78 is 15.3. The first-order chi connectivity index (χ1) is 13.9. The minimum absolute atomic E-state index is 0.101. The molecule has 1 aromatic carbocycles. The lowest BCUT2D eigenvalue weighted by molar-refractivity contribution is -0.141. The Morgan fingerprint density at radius 1 is 1.24 bits per heavy atom. The predicted molar refractivity (Wildman–Crippen MR) is 107 cm³/mol. The number of fused-ring (bicyclic) bond motifs is 1. The zero-order valence-electron chi connectivity index (χ0n) is 16.5. The molecule has 1 unspecified atom stereocenters. The molecule has 8 nitrogen and oxygen atoms in total. The highest BCUT2D eigenvalue weighted by Crippen LogP contribution is 2.40. The Bertz CT molecular complexity index is 877. The minimum atomic E-state index is -0.663. The molecule has 1 aromatic rings. The van der Waals surface area contributed by atoms with Crippen molar-refractivity contribution in [1.29, 1.82) is 0 Å². The van der Waals surface area contributed by atoms with E-state index in [9.17, 15) is 14.4 Å². The van der Waals surface area contributed by atoms with Gasteiger partial charge in [0, 0.05) is 26.2 Å². The number of hydrogen-bond acceptors (Lipinski definition) is 8. The summed E-state index contributed by atoms with van der Waals surface area (Å²) in [4.78, 5) is 42.8. The van der Waals surface area contributed by atoms with Crippen LogP contribution in [0.5, 0.6) is 5.75 Å². The molecule has 0 radical (unpaired) electrons. The first-order valence-corrected chi connectivity index (χ1v) is 10.1. The van der Waals surface area contributed by atoms with E-state index in [-0.39, 0.29) is 19.1 Å². The number of carbonyl (C=O) groups is 3. The van der Waals surface area contributed by atoms with E-state index in [4.69, 9.17) is 14.2 Å². The van der Waals surface area contributed by atoms with E-state index in [0.29, 0.717) is 39.9 Å². The molecule has 0 N–H and O–H groups in total. The number of thioether (sulfide) groups is 1. The highest BCUT2D eigenvalue weighted by atomic mass is 32.2. The summed E-state index contributed by atoms with van der Waals surface area (Å²) >= 11 is 1.48. The fraction of sp³-hybridized carbons (Fsp3) is 0.400. The maximum absolute atomic E-state index is 12.8. The van der Waals surface area contributed by atoms with Gasteiger partial charge in [0.25, 0.3) is 0 Å². The van der Waals surface area contributed by atoms with E-state index in [1.807, 2.05) is 0 Å². The molecule has 3 rings (SSSR count). The zero-order chi connectivity index (χ0) is 21.0. The van der Waals surface area contributed by atoms with Gasteiger partial charge in [-0.25, -0.2) is 9.79 Å². The minimum Gasteiger partial charge on any atom is -0.460 e. The average molecular weight is 418 g/mol. The van der Waals surface area contributed by atoms with E-state index < -0.39 is 18.0 Å². The summed E-state index contributed by atoms with van der Waals surface area (Å²) in [6, 6.07) is 6.06. The molecule has 0 saturated carbocycles. The number of benzene rings is 1. The average Bonchev–Trinajstić information content (AvgIpc) is 2.67. The molecule has 9 heteroatoms. The molecule has 29 heavy (non-hydrogen) atoms. The number of methoxy groups -OCH3 is 1. The van der Waals surface area contributed by atoms with Crippen LogP contribution in [0.1, 0.15) is 31.9 Å². The van der Waals surface area contributed by atoms with Gasteiger partial charge in [-0.3, -0.25) is 14.5 Å². The van der Waals surface area contributed by atoms with Crippen molar-refractivity contribution in [3.63, 3.8) is 0 Å². The van der Waals surface area contributed by atoms with Crippen LogP contribution in [0, 0.1) is 0 Å². The summed E-state index contributed by atoms with van der Waals surface area (Å²) in [6.45, 7) is 3.43. The zero-order valence-corrected chi connectivity index (χ0v) is 17.3. The number of carbonyl (C=O) groups excluding carboxylic acids is 3. The third-order valence-corrected chi connectivity index (χ3v) is 5.36. The second kappa shape index (κ2) is 9.23. The summed E-state index contributed by atoms with van der Waals surface area (Å²) in [5.41, 5.74) is 1.51. The first kappa shape index (κ1) is 21.1. The molecule has 1 amide bonds. The topological polar surface area (TPSA) is 94.5 Å². The van der Waals surface area contributed by atoms with Gasteiger partial charge in [-0.15, -0.1) is 0 Å². The number of esters is 2. The van der Waals surface area contributed by atoms with Crippen molar-refractivity contribution in [2.24, 2.45) is 4.99 Å². The lowest BCUT2D eigenvalue weighted by Crippen LogP contribution is -2.45. The number of allylic oxidation sites excluding steroid dienone is 1. The number of ether oxygens (including phenoxy) is 3. The molecule has 0 bridgehead atoms. The second-order valence-electron chi connectivity index (χ2n) is 6.45. The van der Waals surface area contributed by atoms with Crippen LogP contribution in [-0.4, -0.2) is 54.0 Å². The lowest BCUT2D eigenvalue weighted by Gasteiger charge is -2.38. The fourth-order valence-corrected chi connectivity index (χ4v) is 4.16. The van der Waals surface area contributed by atoms with Crippen molar-refractivity contribution >= 4 is 34.8 Å². The molecule has 154 valence electrons. The van der Waals surface area contributed by atoms with Crippen LogP contribution in [0.25, 0.3) is 0 Å². The maximum Gasteiger partial charge on any atom is 0.338 e. The van der Waals surface area contributed by atoms with Gasteiger partial charge in [-0.05, 0) is 24.6 Å². The van der Waals surface area contributed by atoms with Gasteiger partial charge in [0.15, 0.2) is 5.17 Å². The largest absolute Gasteiger partial charge is 0.460 e. The van der Waals surface area contributed by atoms with Gasteiger partial charge in [0.2, 0.25) is 5.91 Å². The molecule has 1 atom stereocenters. The van der Waals surface area contributed by atoms with Crippen LogP contribution in [-0.2, 0) is 23.9 Å². The molecule has 2 aliphatic rings. The van der Waals surface area contributed by atoms with Gasteiger partial charge < -0.3 is 14.2 Å². The standard InChI is InChI=1S/C20H22N2O6S/c1-12-17(19(25)27-10-9-26-3)18(22-16(24)8-11-29-20(22)21-12)14-4-6-15(7-5-14)28-13(2)23/h4-7,18H,8-11H2,1-3H3. The van der Waals surface area contributed by atoms with Crippen molar-refractivity contribution in [3.8, 4) is 5.75 Å². The Balaban J connectivity index is 2.00. The maximum atomic E-state index is 12.8. The quantitative estimate of drug-likeness (QED) is 0.398. The summed E-state index contributed by atoms with van der Waals surface area (Å²) in [6.07, 6.45) is 0.358. The number of nitrogens with zero attached hydrogens (tertiary/aromatic N) is 2. The Morgan fingerprint density at radius 3 is 2.62 bits per heavy atom. The van der Waals surface area contributed by atoms with E-state index in [1.54, 1.807) is 36.1 Å². The third kappa shape index (κ3) is 4.68. The lowest BCUT2D eigenvalue weighted by atomic mass is 9.94. The summed E-state index contributed by atoms with van der Waals surface area (Å²) in [5.74, 6) is -0.0421. The summed E-state index contributed by atoms with van der Waals surface area (Å²) in [7, 11) is 1.52. The molecule has 2 heterocycles. The number of amides is 1. The van der Waals surface area contributed by atoms with Crippen LogP contribution in [0.2, 0.25) is 0 Å². The van der Waals surface area contributed by atoms with Gasteiger partial charge in [0.1, 0.15) is 12.4 Å². The van der Waals surface area contributed by atoms with Crippen molar-refractivity contribution < 1.29 is 28.6 Å². The van der Waals surface area contributed by atoms with Crippen molar-refractivity contribution in [2.75, 3.05) is 26.1 Å². The highest BCUT2D eigenvalue weighted by molar-refractivity contribution is 8.14. The number of hydrogen-bond donors (Lipinski definition) is 0. The molecule has 1 fully saturated rings. The monoisotopic (exact) mass is 418 g/mol. The predicted octanol–water partition coefficient (Wildman–Crippen LogP) is 2.45. The molecule has 0 aliphatic carbocycles. The number of aliphatic imine (C=N–C) groups is 1. The first-order valence-electron chi connectivity index (χ1n) is 9.11. The fourth-order valence-electron chi connectivity index (χ4n) is 3.15. The van der Waals surface area contributed by atoms with E-state index in [1.165, 1.54) is 25.8 Å². The van der Waals surface area contributed by atoms with E-state index >= 15 is 0 Å². The van der Waals surface area contributed by atoms with Gasteiger partial charge in [0.05, 0.1) is 23.9 Å². The number of rotatable bonds is 6. The Hall–Kier alpha value is -2.65. The van der Waals surface area contributed by atoms with Gasteiger partial charge in [-0.1, -0.05) is 23.9 Å². The molecule has 0 spiro atoms. The molecular weight excluding hydrogens is 396 g/mol. The molecule has 0 aromatic heterocycles. The third-order valence-electron chi connectivity index (χ3n) is 4.40. The smallest absolute Gasteiger partial charge is 0.338 e. The summed E-state index contributed by atoms with van der Waals surface area (Å²) in [5, 5.41) is 0.571. The van der Waals surface area contributed by atoms with Gasteiger partial charge >= 0.3 is 11.9 Å². The Kier molecular flexibility index (Phi) is 6.71. The Labute approximate surface area is 172 Å². The van der Waals surface area contributed by atoms with Crippen molar-refractivity contribution in [1.82, 2.24) is 4.90 Å². The SMILES string of the molecule is COCCOC(=O)C1=C(C)N=C2SCCC(=O)N2C1c1ccc(OC(C)=O)cc1. The van der Waals surface area contributed by atoms with E-state index in [0.717, 1.165) is 0 Å².